The maximum atomic E-state index is 9.36. The quantitative estimate of drug-likeness (QED) is 0.625. The number of aromatic nitrogens is 2. The van der Waals surface area contributed by atoms with Crippen LogP contribution in [0.15, 0.2) is 24.8 Å². The Morgan fingerprint density at radius 3 is 2.85 bits per heavy atom. The molecule has 1 aliphatic heterocycles. The van der Waals surface area contributed by atoms with Crippen molar-refractivity contribution in [1.29, 1.82) is 0 Å². The molecule has 0 amide bonds. The molecule has 0 saturated carbocycles. The van der Waals surface area contributed by atoms with Crippen molar-refractivity contribution in [2.45, 2.75) is 6.10 Å². The second-order valence-corrected chi connectivity index (χ2v) is 3.02. The van der Waals surface area contributed by atoms with Gasteiger partial charge in [-0.2, -0.15) is 0 Å². The van der Waals surface area contributed by atoms with E-state index in [0.29, 0.717) is 6.54 Å². The van der Waals surface area contributed by atoms with Gasteiger partial charge in [-0.3, -0.25) is 0 Å². The third-order valence-electron chi connectivity index (χ3n) is 1.99. The second-order valence-electron chi connectivity index (χ2n) is 3.02. The highest BCUT2D eigenvalue weighted by Gasteiger charge is 2.11. The van der Waals surface area contributed by atoms with Gasteiger partial charge >= 0.3 is 0 Å². The lowest BCUT2D eigenvalue weighted by molar-refractivity contribution is 0.217. The summed E-state index contributed by atoms with van der Waals surface area (Å²) in [5.41, 5.74) is 2.02. The first-order chi connectivity index (χ1) is 6.36. The molecule has 2 heterocycles. The fraction of sp³-hybridized carbons (Fsp3) is 0.333. The van der Waals surface area contributed by atoms with Gasteiger partial charge in [-0.25, -0.2) is 9.97 Å². The zero-order valence-corrected chi connectivity index (χ0v) is 7.14. The Morgan fingerprint density at radius 2 is 2.15 bits per heavy atom. The van der Waals surface area contributed by atoms with E-state index < -0.39 is 6.10 Å². The van der Waals surface area contributed by atoms with E-state index >= 15 is 0 Å². The first-order valence-electron chi connectivity index (χ1n) is 4.21. The minimum absolute atomic E-state index is 0.399. The zero-order valence-electron chi connectivity index (χ0n) is 7.14. The predicted octanol–water partition coefficient (Wildman–Crippen LogP) is -0.176. The van der Waals surface area contributed by atoms with Crippen molar-refractivity contribution in [1.82, 2.24) is 15.3 Å². The lowest BCUT2D eigenvalue weighted by atomic mass is 10.0. The molecule has 0 radical (unpaired) electrons. The molecule has 4 nitrogen and oxygen atoms in total. The summed E-state index contributed by atoms with van der Waals surface area (Å²) in [6.07, 6.45) is 6.44. The van der Waals surface area contributed by atoms with Gasteiger partial charge in [-0.15, -0.1) is 0 Å². The largest absolute Gasteiger partial charge is 0.388 e. The molecular formula is C9H11N3O. The third-order valence-corrected chi connectivity index (χ3v) is 1.99. The monoisotopic (exact) mass is 177 g/mol. The van der Waals surface area contributed by atoms with Crippen molar-refractivity contribution >= 4 is 5.57 Å². The molecule has 2 N–H and O–H groups in total. The van der Waals surface area contributed by atoms with Crippen LogP contribution in [0.1, 0.15) is 5.56 Å². The topological polar surface area (TPSA) is 58.0 Å². The summed E-state index contributed by atoms with van der Waals surface area (Å²) in [5, 5.41) is 12.5. The molecule has 1 aromatic rings. The molecule has 68 valence electrons. The summed E-state index contributed by atoms with van der Waals surface area (Å²) < 4.78 is 0. The lowest BCUT2D eigenvalue weighted by Crippen LogP contribution is -2.31. The number of nitrogens with one attached hydrogen (secondary N) is 1. The highest BCUT2D eigenvalue weighted by Crippen LogP contribution is 2.14. The van der Waals surface area contributed by atoms with Crippen molar-refractivity contribution in [3.63, 3.8) is 0 Å². The summed E-state index contributed by atoms with van der Waals surface area (Å²) >= 11 is 0. The minimum Gasteiger partial charge on any atom is -0.388 e. The smallest absolute Gasteiger partial charge is 0.115 e. The summed E-state index contributed by atoms with van der Waals surface area (Å²) in [6, 6.07) is 0. The van der Waals surface area contributed by atoms with E-state index in [9.17, 15) is 5.11 Å². The van der Waals surface area contributed by atoms with Gasteiger partial charge in [0.1, 0.15) is 6.33 Å². The first-order valence-corrected chi connectivity index (χ1v) is 4.21. The maximum Gasteiger partial charge on any atom is 0.115 e. The van der Waals surface area contributed by atoms with Gasteiger partial charge in [-0.1, -0.05) is 0 Å². The molecule has 0 fully saturated rings. The van der Waals surface area contributed by atoms with Gasteiger partial charge in [0.25, 0.3) is 0 Å². The van der Waals surface area contributed by atoms with Crippen LogP contribution < -0.4 is 5.32 Å². The van der Waals surface area contributed by atoms with Crippen LogP contribution in [0.5, 0.6) is 0 Å². The fourth-order valence-corrected chi connectivity index (χ4v) is 1.37. The molecule has 1 unspecified atom stereocenters. The molecule has 1 atom stereocenters. The molecule has 0 spiro atoms. The van der Waals surface area contributed by atoms with Crippen molar-refractivity contribution in [2.24, 2.45) is 0 Å². The van der Waals surface area contributed by atoms with Gasteiger partial charge in [0.2, 0.25) is 0 Å². The number of nitrogens with zero attached hydrogens (tertiary/aromatic N) is 2. The van der Waals surface area contributed by atoms with E-state index in [2.05, 4.69) is 15.3 Å². The van der Waals surface area contributed by atoms with E-state index in [4.69, 9.17) is 0 Å². The molecule has 4 heteroatoms. The average molecular weight is 177 g/mol. The number of hydrogen-bond acceptors (Lipinski definition) is 4. The van der Waals surface area contributed by atoms with Crippen LogP contribution in [0.2, 0.25) is 0 Å². The van der Waals surface area contributed by atoms with E-state index in [-0.39, 0.29) is 0 Å². The van der Waals surface area contributed by atoms with Gasteiger partial charge in [0.15, 0.2) is 0 Å². The highest BCUT2D eigenvalue weighted by molar-refractivity contribution is 5.66. The maximum absolute atomic E-state index is 9.36. The Labute approximate surface area is 76.3 Å². The van der Waals surface area contributed by atoms with E-state index in [0.717, 1.165) is 17.7 Å². The summed E-state index contributed by atoms with van der Waals surface area (Å²) in [6.45, 7) is 1.39. The first kappa shape index (κ1) is 8.34. The van der Waals surface area contributed by atoms with E-state index in [1.165, 1.54) is 6.33 Å². The molecule has 0 saturated heterocycles. The van der Waals surface area contributed by atoms with Crippen molar-refractivity contribution in [3.8, 4) is 0 Å². The summed E-state index contributed by atoms with van der Waals surface area (Å²) in [5.74, 6) is 0. The Bertz CT molecular complexity index is 310. The van der Waals surface area contributed by atoms with Crippen LogP contribution in [-0.4, -0.2) is 34.3 Å². The molecule has 2 rings (SSSR count). The summed E-state index contributed by atoms with van der Waals surface area (Å²) in [7, 11) is 0. The fourth-order valence-electron chi connectivity index (χ4n) is 1.37. The molecule has 0 aromatic carbocycles. The van der Waals surface area contributed by atoms with Crippen LogP contribution in [-0.2, 0) is 0 Å². The standard InChI is InChI=1S/C9H11N3O/c13-9-1-7(2-10-5-9)8-3-11-6-12-4-8/h1,3-4,6,9-10,13H,2,5H2. The van der Waals surface area contributed by atoms with Crippen LogP contribution >= 0.6 is 0 Å². The third kappa shape index (κ3) is 1.91. The average Bonchev–Trinajstić information content (AvgIpc) is 2.19. The Balaban J connectivity index is 2.26. The Hall–Kier alpha value is -1.26. The van der Waals surface area contributed by atoms with Crippen molar-refractivity contribution in [2.75, 3.05) is 13.1 Å². The second kappa shape index (κ2) is 3.64. The summed E-state index contributed by atoms with van der Waals surface area (Å²) in [4.78, 5) is 7.85. The number of hydrogen-bond donors (Lipinski definition) is 2. The predicted molar refractivity (Wildman–Crippen MR) is 48.9 cm³/mol. The number of aliphatic hydroxyl groups is 1. The Kier molecular flexibility index (Phi) is 2.33. The number of rotatable bonds is 1. The molecule has 1 aliphatic rings. The van der Waals surface area contributed by atoms with Crippen molar-refractivity contribution < 1.29 is 5.11 Å². The van der Waals surface area contributed by atoms with Gasteiger partial charge in [-0.05, 0) is 11.6 Å². The number of aliphatic hydroxyl groups excluding tert-OH is 1. The highest BCUT2D eigenvalue weighted by atomic mass is 16.3. The van der Waals surface area contributed by atoms with E-state index in [1.807, 2.05) is 6.08 Å². The Morgan fingerprint density at radius 1 is 1.38 bits per heavy atom. The molecule has 0 bridgehead atoms. The van der Waals surface area contributed by atoms with E-state index in [1.54, 1.807) is 12.4 Å². The van der Waals surface area contributed by atoms with Crippen LogP contribution in [0.25, 0.3) is 5.57 Å². The molecular weight excluding hydrogens is 166 g/mol. The minimum atomic E-state index is -0.399. The molecule has 1 aromatic heterocycles. The molecule has 0 aliphatic carbocycles. The lowest BCUT2D eigenvalue weighted by Gasteiger charge is -2.17. The van der Waals surface area contributed by atoms with Crippen LogP contribution in [0.3, 0.4) is 0 Å². The van der Waals surface area contributed by atoms with Crippen molar-refractivity contribution in [3.05, 3.63) is 30.4 Å². The molecule has 13 heavy (non-hydrogen) atoms. The van der Waals surface area contributed by atoms with Crippen LogP contribution in [0, 0.1) is 0 Å². The SMILES string of the molecule is OC1C=C(c2cncnc2)CNC1. The van der Waals surface area contributed by atoms with Gasteiger partial charge in [0.05, 0.1) is 6.10 Å². The van der Waals surface area contributed by atoms with Gasteiger partial charge < -0.3 is 10.4 Å². The number of β-amino-alcohol motifs (C(OH)–C–C–N with tert-alkyl or cyclic N) is 1. The van der Waals surface area contributed by atoms with Gasteiger partial charge in [0, 0.05) is 31.0 Å². The normalized spacial score (nSPS) is 22.5. The van der Waals surface area contributed by atoms with Crippen LogP contribution in [0.4, 0.5) is 0 Å². The zero-order chi connectivity index (χ0) is 9.10.